The molecule has 5 heteroatoms. The van der Waals surface area contributed by atoms with E-state index in [9.17, 15) is 8.42 Å². The summed E-state index contributed by atoms with van der Waals surface area (Å²) < 4.78 is 28.2. The topological polar surface area (TPSA) is 69.4 Å². The van der Waals surface area contributed by atoms with Gasteiger partial charge in [0.1, 0.15) is 5.75 Å². The quantitative estimate of drug-likeness (QED) is 0.926. The standard InChI is InChI=1S/C14H21NO3S/c1-10-7-11(2)9-13(8-10)18-12-3-5-14(6-4-12)19(15,16)17/h3-6,10-11,13H,7-9H2,1-2H3,(H2,15,16,17). The van der Waals surface area contributed by atoms with E-state index in [1.807, 2.05) is 0 Å². The fraction of sp³-hybridized carbons (Fsp3) is 0.571. The first-order valence-electron chi connectivity index (χ1n) is 6.64. The minimum Gasteiger partial charge on any atom is -0.490 e. The van der Waals surface area contributed by atoms with Gasteiger partial charge in [0.05, 0.1) is 11.0 Å². The van der Waals surface area contributed by atoms with E-state index in [0.717, 1.165) is 12.8 Å². The van der Waals surface area contributed by atoms with Crippen LogP contribution in [0.1, 0.15) is 33.1 Å². The molecule has 0 heterocycles. The lowest BCUT2D eigenvalue weighted by atomic mass is 9.82. The van der Waals surface area contributed by atoms with E-state index in [1.54, 1.807) is 12.1 Å². The number of sulfonamides is 1. The fourth-order valence-corrected chi connectivity index (χ4v) is 3.39. The summed E-state index contributed by atoms with van der Waals surface area (Å²) in [7, 11) is -3.63. The van der Waals surface area contributed by atoms with Crippen molar-refractivity contribution in [3.8, 4) is 5.75 Å². The zero-order valence-electron chi connectivity index (χ0n) is 11.4. The fourth-order valence-electron chi connectivity index (χ4n) is 2.87. The van der Waals surface area contributed by atoms with E-state index in [2.05, 4.69) is 13.8 Å². The summed E-state index contributed by atoms with van der Waals surface area (Å²) >= 11 is 0. The van der Waals surface area contributed by atoms with Gasteiger partial charge in [-0.15, -0.1) is 0 Å². The Morgan fingerprint density at radius 1 is 1.05 bits per heavy atom. The molecule has 1 aromatic rings. The van der Waals surface area contributed by atoms with Gasteiger partial charge in [-0.05, 0) is 55.4 Å². The van der Waals surface area contributed by atoms with Gasteiger partial charge in [-0.25, -0.2) is 13.6 Å². The average Bonchev–Trinajstić information content (AvgIpc) is 2.26. The molecular weight excluding hydrogens is 262 g/mol. The number of benzene rings is 1. The van der Waals surface area contributed by atoms with Crippen LogP contribution in [0.5, 0.6) is 5.75 Å². The Bertz CT molecular complexity index is 514. The van der Waals surface area contributed by atoms with E-state index in [0.29, 0.717) is 17.6 Å². The van der Waals surface area contributed by atoms with Crippen LogP contribution in [0.15, 0.2) is 29.2 Å². The maximum Gasteiger partial charge on any atom is 0.238 e. The second-order valence-corrected chi connectivity index (χ2v) is 7.24. The molecule has 2 unspecified atom stereocenters. The Morgan fingerprint density at radius 3 is 2.05 bits per heavy atom. The summed E-state index contributed by atoms with van der Waals surface area (Å²) in [6.45, 7) is 4.49. The van der Waals surface area contributed by atoms with Crippen LogP contribution in [0.4, 0.5) is 0 Å². The molecule has 1 saturated carbocycles. The number of hydrogen-bond acceptors (Lipinski definition) is 3. The lowest BCUT2D eigenvalue weighted by Crippen LogP contribution is -2.28. The van der Waals surface area contributed by atoms with Gasteiger partial charge in [-0.1, -0.05) is 13.8 Å². The smallest absolute Gasteiger partial charge is 0.238 e. The monoisotopic (exact) mass is 283 g/mol. The van der Waals surface area contributed by atoms with Crippen molar-refractivity contribution in [3.05, 3.63) is 24.3 Å². The number of rotatable bonds is 3. The highest BCUT2D eigenvalue weighted by Gasteiger charge is 2.25. The molecule has 0 bridgehead atoms. The zero-order chi connectivity index (χ0) is 14.0. The molecule has 0 aliphatic heterocycles. The van der Waals surface area contributed by atoms with Crippen LogP contribution in [-0.4, -0.2) is 14.5 Å². The van der Waals surface area contributed by atoms with Gasteiger partial charge in [0.25, 0.3) is 0 Å². The third kappa shape index (κ3) is 3.94. The van der Waals surface area contributed by atoms with Crippen molar-refractivity contribution in [2.75, 3.05) is 0 Å². The van der Waals surface area contributed by atoms with Crippen LogP contribution in [0.3, 0.4) is 0 Å². The summed E-state index contributed by atoms with van der Waals surface area (Å²) in [6, 6.07) is 6.31. The molecule has 0 amide bonds. The van der Waals surface area contributed by atoms with Gasteiger partial charge in [0.2, 0.25) is 10.0 Å². The van der Waals surface area contributed by atoms with Crippen molar-refractivity contribution in [1.82, 2.24) is 0 Å². The van der Waals surface area contributed by atoms with Gasteiger partial charge in [-0.3, -0.25) is 0 Å². The van der Waals surface area contributed by atoms with E-state index >= 15 is 0 Å². The van der Waals surface area contributed by atoms with Crippen molar-refractivity contribution in [1.29, 1.82) is 0 Å². The van der Waals surface area contributed by atoms with Crippen LogP contribution in [-0.2, 0) is 10.0 Å². The average molecular weight is 283 g/mol. The zero-order valence-corrected chi connectivity index (χ0v) is 12.2. The van der Waals surface area contributed by atoms with Crippen molar-refractivity contribution in [3.63, 3.8) is 0 Å². The van der Waals surface area contributed by atoms with E-state index in [1.165, 1.54) is 18.6 Å². The normalized spacial score (nSPS) is 28.1. The predicted molar refractivity (Wildman–Crippen MR) is 74.4 cm³/mol. The predicted octanol–water partition coefficient (Wildman–Crippen LogP) is 2.54. The van der Waals surface area contributed by atoms with Crippen molar-refractivity contribution < 1.29 is 13.2 Å². The maximum atomic E-state index is 11.2. The van der Waals surface area contributed by atoms with Crippen molar-refractivity contribution >= 4 is 10.0 Å². The molecule has 1 fully saturated rings. The summed E-state index contributed by atoms with van der Waals surface area (Å²) in [5, 5.41) is 5.06. The van der Waals surface area contributed by atoms with Crippen molar-refractivity contribution in [2.24, 2.45) is 17.0 Å². The van der Waals surface area contributed by atoms with Crippen LogP contribution in [0.2, 0.25) is 0 Å². The van der Waals surface area contributed by atoms with E-state index in [4.69, 9.17) is 9.88 Å². The highest BCUT2D eigenvalue weighted by Crippen LogP contribution is 2.31. The molecule has 106 valence electrons. The molecular formula is C14H21NO3S. The third-order valence-electron chi connectivity index (χ3n) is 3.59. The first-order valence-corrected chi connectivity index (χ1v) is 8.18. The Balaban J connectivity index is 2.03. The molecule has 0 saturated heterocycles. The second kappa shape index (κ2) is 5.51. The molecule has 2 rings (SSSR count). The lowest BCUT2D eigenvalue weighted by molar-refractivity contribution is 0.101. The molecule has 1 aliphatic carbocycles. The van der Waals surface area contributed by atoms with Gasteiger partial charge in [0.15, 0.2) is 0 Å². The van der Waals surface area contributed by atoms with Gasteiger partial charge >= 0.3 is 0 Å². The minimum atomic E-state index is -3.63. The molecule has 0 radical (unpaired) electrons. The number of hydrogen-bond donors (Lipinski definition) is 1. The number of ether oxygens (including phenoxy) is 1. The SMILES string of the molecule is CC1CC(C)CC(Oc2ccc(S(N)(=O)=O)cc2)C1. The van der Waals surface area contributed by atoms with Crippen molar-refractivity contribution in [2.45, 2.75) is 44.1 Å². The van der Waals surface area contributed by atoms with Crippen LogP contribution >= 0.6 is 0 Å². The lowest BCUT2D eigenvalue weighted by Gasteiger charge is -2.31. The first-order chi connectivity index (χ1) is 8.84. The van der Waals surface area contributed by atoms with Gasteiger partial charge in [0, 0.05) is 0 Å². The molecule has 1 aliphatic rings. The molecule has 1 aromatic carbocycles. The molecule has 2 atom stereocenters. The molecule has 0 spiro atoms. The van der Waals surface area contributed by atoms with E-state index in [-0.39, 0.29) is 11.0 Å². The Labute approximate surface area is 115 Å². The molecule has 2 N–H and O–H groups in total. The molecule has 0 aromatic heterocycles. The molecule has 19 heavy (non-hydrogen) atoms. The summed E-state index contributed by atoms with van der Waals surface area (Å²) in [6.07, 6.45) is 3.59. The van der Waals surface area contributed by atoms with Gasteiger partial charge in [-0.2, -0.15) is 0 Å². The Morgan fingerprint density at radius 2 is 1.58 bits per heavy atom. The van der Waals surface area contributed by atoms with Crippen LogP contribution in [0, 0.1) is 11.8 Å². The van der Waals surface area contributed by atoms with Crippen LogP contribution < -0.4 is 9.88 Å². The second-order valence-electron chi connectivity index (χ2n) is 5.67. The summed E-state index contributed by atoms with van der Waals surface area (Å²) in [4.78, 5) is 0.116. The largest absolute Gasteiger partial charge is 0.490 e. The molecule has 4 nitrogen and oxygen atoms in total. The minimum absolute atomic E-state index is 0.116. The third-order valence-corrected chi connectivity index (χ3v) is 4.52. The highest BCUT2D eigenvalue weighted by atomic mass is 32.2. The first kappa shape index (κ1) is 14.3. The summed E-state index contributed by atoms with van der Waals surface area (Å²) in [5.41, 5.74) is 0. The summed E-state index contributed by atoms with van der Waals surface area (Å²) in [5.74, 6) is 2.06. The maximum absolute atomic E-state index is 11.2. The van der Waals surface area contributed by atoms with E-state index < -0.39 is 10.0 Å². The number of primary sulfonamides is 1. The van der Waals surface area contributed by atoms with Crippen LogP contribution in [0.25, 0.3) is 0 Å². The Kier molecular flexibility index (Phi) is 4.16. The Hall–Kier alpha value is -1.07. The van der Waals surface area contributed by atoms with Gasteiger partial charge < -0.3 is 4.74 Å². The highest BCUT2D eigenvalue weighted by molar-refractivity contribution is 7.89. The number of nitrogens with two attached hydrogens (primary N) is 1.